The van der Waals surface area contributed by atoms with Gasteiger partial charge in [-0.15, -0.1) is 5.10 Å². The second-order valence-electron chi connectivity index (χ2n) is 6.59. The summed E-state index contributed by atoms with van der Waals surface area (Å²) < 4.78 is 1.23. The van der Waals surface area contributed by atoms with Crippen molar-refractivity contribution in [3.05, 3.63) is 64.4 Å². The van der Waals surface area contributed by atoms with Crippen molar-refractivity contribution in [2.45, 2.75) is 33.4 Å². The number of hydrogen-bond donors (Lipinski definition) is 1. The van der Waals surface area contributed by atoms with Crippen LogP contribution in [0.15, 0.2) is 53.3 Å². The highest BCUT2D eigenvalue weighted by Gasteiger charge is 2.09. The average Bonchev–Trinajstić information content (AvgIpc) is 2.72. The summed E-state index contributed by atoms with van der Waals surface area (Å²) in [4.78, 5) is 27.1. The van der Waals surface area contributed by atoms with Crippen molar-refractivity contribution in [3.63, 3.8) is 0 Å². The van der Waals surface area contributed by atoms with Gasteiger partial charge < -0.3 is 5.32 Å². The zero-order chi connectivity index (χ0) is 19.9. The second-order valence-corrected chi connectivity index (χ2v) is 6.59. The molecular weight excluding hydrogens is 354 g/mol. The first kappa shape index (κ1) is 19.7. The number of aryl methyl sites for hydroxylation is 1. The van der Waals surface area contributed by atoms with E-state index in [1.165, 1.54) is 4.68 Å². The van der Waals surface area contributed by atoms with Gasteiger partial charge in [0, 0.05) is 18.7 Å². The summed E-state index contributed by atoms with van der Waals surface area (Å²) in [6.45, 7) is 7.25. The minimum atomic E-state index is -0.236. The van der Waals surface area contributed by atoms with Gasteiger partial charge in [0.2, 0.25) is 5.91 Å². The van der Waals surface area contributed by atoms with E-state index in [2.05, 4.69) is 40.4 Å². The minimum absolute atomic E-state index is 0.146. The summed E-state index contributed by atoms with van der Waals surface area (Å²) in [5.41, 5.74) is 2.22. The SMILES string of the molecule is CCN(CC)Cc1cccc(NC(=O)CCn2nnc3ccccc3c2=O)c1. The Morgan fingerprint density at radius 2 is 1.89 bits per heavy atom. The largest absolute Gasteiger partial charge is 0.326 e. The van der Waals surface area contributed by atoms with Gasteiger partial charge in [-0.25, -0.2) is 4.68 Å². The van der Waals surface area contributed by atoms with Gasteiger partial charge in [0.25, 0.3) is 5.56 Å². The molecule has 7 nitrogen and oxygen atoms in total. The minimum Gasteiger partial charge on any atom is -0.326 e. The van der Waals surface area contributed by atoms with Crippen LogP contribution in [0.4, 0.5) is 5.69 Å². The molecule has 1 N–H and O–H groups in total. The van der Waals surface area contributed by atoms with E-state index in [0.29, 0.717) is 10.9 Å². The zero-order valence-corrected chi connectivity index (χ0v) is 16.3. The van der Waals surface area contributed by atoms with Crippen LogP contribution < -0.4 is 10.9 Å². The van der Waals surface area contributed by atoms with E-state index >= 15 is 0 Å². The third-order valence-electron chi connectivity index (χ3n) is 4.69. The second kappa shape index (κ2) is 9.23. The van der Waals surface area contributed by atoms with E-state index in [9.17, 15) is 9.59 Å². The fourth-order valence-corrected chi connectivity index (χ4v) is 3.05. The maximum absolute atomic E-state index is 12.4. The number of amides is 1. The molecule has 0 atom stereocenters. The molecule has 0 spiro atoms. The van der Waals surface area contributed by atoms with Gasteiger partial charge in [0.05, 0.1) is 11.9 Å². The van der Waals surface area contributed by atoms with Gasteiger partial charge in [-0.3, -0.25) is 14.5 Å². The van der Waals surface area contributed by atoms with Crippen molar-refractivity contribution in [3.8, 4) is 0 Å². The number of nitrogens with one attached hydrogen (secondary N) is 1. The molecular formula is C21H25N5O2. The number of fused-ring (bicyclic) bond motifs is 1. The number of hydrogen-bond acceptors (Lipinski definition) is 5. The predicted molar refractivity (Wildman–Crippen MR) is 110 cm³/mol. The van der Waals surface area contributed by atoms with Crippen LogP contribution in [-0.2, 0) is 17.9 Å². The Balaban J connectivity index is 1.62. The summed E-state index contributed by atoms with van der Waals surface area (Å²) in [6.07, 6.45) is 0.146. The summed E-state index contributed by atoms with van der Waals surface area (Å²) in [6, 6.07) is 14.9. The third-order valence-corrected chi connectivity index (χ3v) is 4.69. The summed E-state index contributed by atoms with van der Waals surface area (Å²) in [7, 11) is 0. The number of carbonyl (C=O) groups is 1. The van der Waals surface area contributed by atoms with E-state index in [1.54, 1.807) is 18.2 Å². The Kier molecular flexibility index (Phi) is 6.49. The van der Waals surface area contributed by atoms with Crippen LogP contribution >= 0.6 is 0 Å². The number of aromatic nitrogens is 3. The molecule has 0 fully saturated rings. The lowest BCUT2D eigenvalue weighted by Crippen LogP contribution is -2.26. The normalized spacial score (nSPS) is 11.1. The molecule has 3 rings (SSSR count). The van der Waals surface area contributed by atoms with E-state index in [-0.39, 0.29) is 24.4 Å². The molecule has 0 radical (unpaired) electrons. The quantitative estimate of drug-likeness (QED) is 0.651. The average molecular weight is 379 g/mol. The lowest BCUT2D eigenvalue weighted by atomic mass is 10.2. The molecule has 3 aromatic rings. The molecule has 7 heteroatoms. The Morgan fingerprint density at radius 1 is 1.11 bits per heavy atom. The molecule has 1 aromatic heterocycles. The molecule has 2 aromatic carbocycles. The summed E-state index contributed by atoms with van der Waals surface area (Å²) >= 11 is 0. The van der Waals surface area contributed by atoms with Gasteiger partial charge >= 0.3 is 0 Å². The van der Waals surface area contributed by atoms with Gasteiger partial charge in [0.1, 0.15) is 5.52 Å². The number of nitrogens with zero attached hydrogens (tertiary/aromatic N) is 4. The van der Waals surface area contributed by atoms with Gasteiger partial charge in [-0.1, -0.05) is 43.3 Å². The van der Waals surface area contributed by atoms with E-state index < -0.39 is 0 Å². The molecule has 146 valence electrons. The maximum atomic E-state index is 12.4. The lowest BCUT2D eigenvalue weighted by molar-refractivity contribution is -0.116. The number of anilines is 1. The third kappa shape index (κ3) is 4.80. The number of benzene rings is 2. The number of carbonyl (C=O) groups excluding carboxylic acids is 1. The molecule has 0 saturated carbocycles. The molecule has 0 aliphatic carbocycles. The molecule has 1 heterocycles. The van der Waals surface area contributed by atoms with Gasteiger partial charge in [0.15, 0.2) is 0 Å². The summed E-state index contributed by atoms with van der Waals surface area (Å²) in [5, 5.41) is 11.4. The molecule has 0 unspecified atom stereocenters. The first-order chi connectivity index (χ1) is 13.6. The predicted octanol–water partition coefficient (Wildman–Crippen LogP) is 2.66. The van der Waals surface area contributed by atoms with E-state index in [0.717, 1.165) is 30.9 Å². The van der Waals surface area contributed by atoms with Crippen molar-refractivity contribution >= 4 is 22.5 Å². The highest BCUT2D eigenvalue weighted by atomic mass is 16.2. The fraction of sp³-hybridized carbons (Fsp3) is 0.333. The van der Waals surface area contributed by atoms with Crippen LogP contribution in [0.2, 0.25) is 0 Å². The smallest absolute Gasteiger partial charge is 0.277 e. The Labute approximate surface area is 164 Å². The molecule has 1 amide bonds. The van der Waals surface area contributed by atoms with Crippen molar-refractivity contribution in [1.29, 1.82) is 0 Å². The number of rotatable bonds is 8. The lowest BCUT2D eigenvalue weighted by Gasteiger charge is -2.18. The molecule has 0 aliphatic rings. The first-order valence-electron chi connectivity index (χ1n) is 9.54. The van der Waals surface area contributed by atoms with Crippen molar-refractivity contribution in [1.82, 2.24) is 19.9 Å². The first-order valence-corrected chi connectivity index (χ1v) is 9.54. The van der Waals surface area contributed by atoms with Crippen molar-refractivity contribution in [2.24, 2.45) is 0 Å². The molecule has 28 heavy (non-hydrogen) atoms. The zero-order valence-electron chi connectivity index (χ0n) is 16.3. The highest BCUT2D eigenvalue weighted by molar-refractivity contribution is 5.90. The maximum Gasteiger partial charge on any atom is 0.277 e. The van der Waals surface area contributed by atoms with Crippen LogP contribution in [0.3, 0.4) is 0 Å². The van der Waals surface area contributed by atoms with Crippen LogP contribution in [0.25, 0.3) is 10.9 Å². The Hall–Kier alpha value is -3.06. The topological polar surface area (TPSA) is 80.1 Å². The van der Waals surface area contributed by atoms with Crippen LogP contribution in [0, 0.1) is 0 Å². The summed E-state index contributed by atoms with van der Waals surface area (Å²) in [5.74, 6) is -0.165. The fourth-order valence-electron chi connectivity index (χ4n) is 3.05. The van der Waals surface area contributed by atoms with Crippen LogP contribution in [0.5, 0.6) is 0 Å². The highest BCUT2D eigenvalue weighted by Crippen LogP contribution is 2.13. The van der Waals surface area contributed by atoms with Gasteiger partial charge in [-0.2, -0.15) is 0 Å². The molecule has 0 bridgehead atoms. The van der Waals surface area contributed by atoms with E-state index in [4.69, 9.17) is 0 Å². The molecule has 0 aliphatic heterocycles. The van der Waals surface area contributed by atoms with Crippen LogP contribution in [-0.4, -0.2) is 38.9 Å². The standard InChI is InChI=1S/C21H25N5O2/c1-3-25(4-2)15-16-8-7-9-17(14-16)22-20(27)12-13-26-21(28)18-10-5-6-11-19(18)23-24-26/h5-11,14H,3-4,12-13,15H2,1-2H3,(H,22,27). The monoisotopic (exact) mass is 379 g/mol. The van der Waals surface area contributed by atoms with Crippen molar-refractivity contribution in [2.75, 3.05) is 18.4 Å². The molecule has 0 saturated heterocycles. The van der Waals surface area contributed by atoms with Crippen molar-refractivity contribution < 1.29 is 4.79 Å². The van der Waals surface area contributed by atoms with Gasteiger partial charge in [-0.05, 0) is 42.9 Å². The Bertz CT molecular complexity index is 1010. The van der Waals surface area contributed by atoms with Crippen LogP contribution in [0.1, 0.15) is 25.8 Å². The van der Waals surface area contributed by atoms with E-state index in [1.807, 2.05) is 24.3 Å². The Morgan fingerprint density at radius 3 is 2.68 bits per heavy atom.